The van der Waals surface area contributed by atoms with Gasteiger partial charge in [0.2, 0.25) is 0 Å². The van der Waals surface area contributed by atoms with Crippen LogP contribution < -0.4 is 0 Å². The highest BCUT2D eigenvalue weighted by Gasteiger charge is 2.02. The molecule has 0 aromatic heterocycles. The molecule has 0 aliphatic carbocycles. The lowest BCUT2D eigenvalue weighted by Crippen LogP contribution is -2.15. The van der Waals surface area contributed by atoms with Crippen LogP contribution in [0.3, 0.4) is 0 Å². The third kappa shape index (κ3) is 11.5. The molecule has 0 heterocycles. The molecule has 0 amide bonds. The Kier molecular flexibility index (Phi) is 10.9. The molecule has 0 bridgehead atoms. The first-order valence-electron chi connectivity index (χ1n) is 6.32. The van der Waals surface area contributed by atoms with E-state index in [1.54, 1.807) is 6.92 Å². The number of carbonyl (C=O) groups excluding carboxylic acids is 1. The van der Waals surface area contributed by atoms with Crippen molar-refractivity contribution in [1.82, 2.24) is 0 Å². The van der Waals surface area contributed by atoms with E-state index >= 15 is 0 Å². The smallest absolute Gasteiger partial charge is 0.333 e. The molecule has 0 rings (SSSR count). The first-order chi connectivity index (χ1) is 9.07. The fraction of sp³-hybridized carbons (Fsp3) is 0.643. The van der Waals surface area contributed by atoms with Gasteiger partial charge < -0.3 is 18.9 Å². The molecule has 0 fully saturated rings. The maximum absolute atomic E-state index is 11.0. The summed E-state index contributed by atoms with van der Waals surface area (Å²) in [6.45, 7) is 12.8. The Balaban J connectivity index is 3.21. The minimum absolute atomic E-state index is 0.0139. The Hall–Kier alpha value is -1.33. The molecule has 1 unspecified atom stereocenters. The van der Waals surface area contributed by atoms with Gasteiger partial charge in [0.25, 0.3) is 0 Å². The monoisotopic (exact) mass is 272 g/mol. The Morgan fingerprint density at radius 1 is 1.21 bits per heavy atom. The number of rotatable bonds is 12. The Labute approximate surface area is 115 Å². The van der Waals surface area contributed by atoms with Crippen molar-refractivity contribution in [1.29, 1.82) is 0 Å². The molecule has 0 saturated heterocycles. The molecular weight excluding hydrogens is 248 g/mol. The number of hydrogen-bond acceptors (Lipinski definition) is 5. The van der Waals surface area contributed by atoms with Gasteiger partial charge in [0.1, 0.15) is 12.7 Å². The summed E-state index contributed by atoms with van der Waals surface area (Å²) >= 11 is 0. The van der Waals surface area contributed by atoms with Crippen molar-refractivity contribution in [3.05, 3.63) is 25.0 Å². The average molecular weight is 272 g/mol. The van der Waals surface area contributed by atoms with Crippen molar-refractivity contribution in [3.63, 3.8) is 0 Å². The summed E-state index contributed by atoms with van der Waals surface area (Å²) in [7, 11) is 0. The molecule has 0 aliphatic heterocycles. The summed E-state index contributed by atoms with van der Waals surface area (Å²) in [6, 6.07) is 0. The summed E-state index contributed by atoms with van der Waals surface area (Å²) in [5.41, 5.74) is 0.393. The highest BCUT2D eigenvalue weighted by Crippen LogP contribution is 1.94. The van der Waals surface area contributed by atoms with Crippen LogP contribution in [0.4, 0.5) is 0 Å². The van der Waals surface area contributed by atoms with E-state index in [2.05, 4.69) is 13.2 Å². The molecule has 0 N–H and O–H groups in total. The molecule has 110 valence electrons. The van der Waals surface area contributed by atoms with Crippen LogP contribution in [0.15, 0.2) is 25.0 Å². The topological polar surface area (TPSA) is 54.0 Å². The van der Waals surface area contributed by atoms with Gasteiger partial charge in [-0.15, -0.1) is 0 Å². The van der Waals surface area contributed by atoms with E-state index in [1.807, 2.05) is 6.92 Å². The minimum atomic E-state index is -0.386. The van der Waals surface area contributed by atoms with Crippen LogP contribution in [-0.4, -0.2) is 45.1 Å². The summed E-state index contributed by atoms with van der Waals surface area (Å²) < 4.78 is 20.6. The van der Waals surface area contributed by atoms with Crippen LogP contribution in [0.2, 0.25) is 0 Å². The quantitative estimate of drug-likeness (QED) is 0.236. The van der Waals surface area contributed by atoms with Gasteiger partial charge in [-0.1, -0.05) is 13.2 Å². The summed E-state index contributed by atoms with van der Waals surface area (Å²) in [6.07, 6.45) is 2.21. The Morgan fingerprint density at radius 2 is 1.89 bits per heavy atom. The van der Waals surface area contributed by atoms with E-state index in [0.717, 1.165) is 6.42 Å². The van der Waals surface area contributed by atoms with Gasteiger partial charge in [0.05, 0.1) is 19.5 Å². The largest absolute Gasteiger partial charge is 0.497 e. The van der Waals surface area contributed by atoms with Crippen LogP contribution in [-0.2, 0) is 23.7 Å². The van der Waals surface area contributed by atoms with Crippen LogP contribution in [0, 0.1) is 0 Å². The summed E-state index contributed by atoms with van der Waals surface area (Å²) in [5.74, 6) is -0.386. The zero-order chi connectivity index (χ0) is 14.5. The molecule has 0 aromatic rings. The molecule has 0 radical (unpaired) electrons. The number of esters is 1. The maximum Gasteiger partial charge on any atom is 0.333 e. The standard InChI is InChI=1S/C14H24O5/c1-5-18-13(4)11-17-8-6-7-16-9-10-19-14(15)12(2)3/h5,13H,1-2,6-11H2,3-4H3. The number of hydrogen-bond donors (Lipinski definition) is 0. The molecule has 0 saturated carbocycles. The highest BCUT2D eigenvalue weighted by molar-refractivity contribution is 5.86. The minimum Gasteiger partial charge on any atom is -0.497 e. The Bertz CT molecular complexity index is 275. The lowest BCUT2D eigenvalue weighted by atomic mass is 10.4. The van der Waals surface area contributed by atoms with Gasteiger partial charge in [-0.2, -0.15) is 0 Å². The van der Waals surface area contributed by atoms with E-state index in [-0.39, 0.29) is 18.7 Å². The van der Waals surface area contributed by atoms with Gasteiger partial charge in [-0.05, 0) is 20.3 Å². The molecule has 0 aromatic carbocycles. The molecule has 19 heavy (non-hydrogen) atoms. The summed E-state index contributed by atoms with van der Waals surface area (Å²) in [5, 5.41) is 0. The van der Waals surface area contributed by atoms with Gasteiger partial charge >= 0.3 is 5.97 Å². The first kappa shape index (κ1) is 17.7. The highest BCUT2D eigenvalue weighted by atomic mass is 16.6. The van der Waals surface area contributed by atoms with Gasteiger partial charge in [-0.3, -0.25) is 0 Å². The van der Waals surface area contributed by atoms with Crippen molar-refractivity contribution in [3.8, 4) is 0 Å². The third-order valence-electron chi connectivity index (χ3n) is 2.07. The van der Waals surface area contributed by atoms with Crippen LogP contribution >= 0.6 is 0 Å². The zero-order valence-electron chi connectivity index (χ0n) is 11.9. The molecule has 0 spiro atoms. The van der Waals surface area contributed by atoms with Crippen LogP contribution in [0.25, 0.3) is 0 Å². The third-order valence-corrected chi connectivity index (χ3v) is 2.07. The molecule has 5 heteroatoms. The molecule has 5 nitrogen and oxygen atoms in total. The van der Waals surface area contributed by atoms with Crippen LogP contribution in [0.5, 0.6) is 0 Å². The second-order valence-electron chi connectivity index (χ2n) is 4.07. The number of carbonyl (C=O) groups is 1. The number of ether oxygens (including phenoxy) is 4. The fourth-order valence-electron chi connectivity index (χ4n) is 1.13. The predicted molar refractivity (Wildman–Crippen MR) is 72.8 cm³/mol. The second kappa shape index (κ2) is 11.7. The van der Waals surface area contributed by atoms with E-state index in [1.165, 1.54) is 6.26 Å². The average Bonchev–Trinajstić information content (AvgIpc) is 2.36. The van der Waals surface area contributed by atoms with Gasteiger partial charge in [-0.25, -0.2) is 4.79 Å². The molecule has 1 atom stereocenters. The predicted octanol–water partition coefficient (Wildman–Crippen LogP) is 2.08. The molecular formula is C14H24O5. The van der Waals surface area contributed by atoms with E-state index in [0.29, 0.717) is 32.0 Å². The normalized spacial score (nSPS) is 11.7. The fourth-order valence-corrected chi connectivity index (χ4v) is 1.13. The van der Waals surface area contributed by atoms with Crippen molar-refractivity contribution >= 4 is 5.97 Å². The SMILES string of the molecule is C=COC(C)COCCCOCCOC(=O)C(=C)C. The van der Waals surface area contributed by atoms with Crippen molar-refractivity contribution < 1.29 is 23.7 Å². The maximum atomic E-state index is 11.0. The molecule has 0 aliphatic rings. The van der Waals surface area contributed by atoms with Crippen LogP contribution in [0.1, 0.15) is 20.3 Å². The first-order valence-corrected chi connectivity index (χ1v) is 6.32. The lowest BCUT2D eigenvalue weighted by Gasteiger charge is -2.11. The zero-order valence-corrected chi connectivity index (χ0v) is 11.9. The summed E-state index contributed by atoms with van der Waals surface area (Å²) in [4.78, 5) is 11.0. The lowest BCUT2D eigenvalue weighted by molar-refractivity contribution is -0.140. The van der Waals surface area contributed by atoms with E-state index in [9.17, 15) is 4.79 Å². The van der Waals surface area contributed by atoms with E-state index < -0.39 is 0 Å². The van der Waals surface area contributed by atoms with Crippen molar-refractivity contribution in [2.24, 2.45) is 0 Å². The van der Waals surface area contributed by atoms with Gasteiger partial charge in [0, 0.05) is 18.8 Å². The van der Waals surface area contributed by atoms with Crippen molar-refractivity contribution in [2.75, 3.05) is 33.0 Å². The van der Waals surface area contributed by atoms with Crippen molar-refractivity contribution in [2.45, 2.75) is 26.4 Å². The Morgan fingerprint density at radius 3 is 2.53 bits per heavy atom. The van der Waals surface area contributed by atoms with Gasteiger partial charge in [0.15, 0.2) is 0 Å². The second-order valence-corrected chi connectivity index (χ2v) is 4.07. The van der Waals surface area contributed by atoms with E-state index in [4.69, 9.17) is 18.9 Å².